The Bertz CT molecular complexity index is 165. The van der Waals surface area contributed by atoms with Crippen molar-refractivity contribution in [2.45, 2.75) is 32.8 Å². The monoisotopic (exact) mass is 201 g/mol. The van der Waals surface area contributed by atoms with Crippen LogP contribution in [0.15, 0.2) is 0 Å². The van der Waals surface area contributed by atoms with Gasteiger partial charge in [0, 0.05) is 26.2 Å². The third-order valence-corrected chi connectivity index (χ3v) is 2.97. The third-order valence-electron chi connectivity index (χ3n) is 2.97. The van der Waals surface area contributed by atoms with Gasteiger partial charge in [0.05, 0.1) is 12.2 Å². The van der Waals surface area contributed by atoms with Gasteiger partial charge in [-0.25, -0.2) is 0 Å². The second-order valence-electron chi connectivity index (χ2n) is 4.58. The summed E-state index contributed by atoms with van der Waals surface area (Å²) in [6.45, 7) is 10.5. The van der Waals surface area contributed by atoms with Crippen LogP contribution in [0.25, 0.3) is 0 Å². The maximum absolute atomic E-state index is 9.98. The van der Waals surface area contributed by atoms with E-state index in [2.05, 4.69) is 25.7 Å². The van der Waals surface area contributed by atoms with Gasteiger partial charge in [-0.3, -0.25) is 4.90 Å². The number of ether oxygens (including phenoxy) is 1. The van der Waals surface area contributed by atoms with Gasteiger partial charge in [0.15, 0.2) is 0 Å². The van der Waals surface area contributed by atoms with Gasteiger partial charge in [-0.2, -0.15) is 0 Å². The Balaban J connectivity index is 2.04. The standard InChI is InChI=1S/C11H23NO2/c1-4-6-14-7-5-12-8-11(13,9-12)10(2)3/h10,13H,4-9H2,1-3H3. The van der Waals surface area contributed by atoms with Crippen LogP contribution in [0.2, 0.25) is 0 Å². The number of β-amino-alcohol motifs (C(OH)–C–C–N with tert-alkyl or cyclic N) is 1. The van der Waals surface area contributed by atoms with Gasteiger partial charge < -0.3 is 9.84 Å². The van der Waals surface area contributed by atoms with Gasteiger partial charge in [0.2, 0.25) is 0 Å². The number of rotatable bonds is 6. The maximum Gasteiger partial charge on any atom is 0.0922 e. The van der Waals surface area contributed by atoms with Gasteiger partial charge in [0.1, 0.15) is 0 Å². The van der Waals surface area contributed by atoms with Crippen molar-refractivity contribution in [3.05, 3.63) is 0 Å². The SMILES string of the molecule is CCCOCCN1CC(O)(C(C)C)C1. The van der Waals surface area contributed by atoms with E-state index in [1.807, 2.05) is 0 Å². The van der Waals surface area contributed by atoms with Gasteiger partial charge in [-0.15, -0.1) is 0 Å². The molecule has 1 aliphatic heterocycles. The van der Waals surface area contributed by atoms with E-state index in [0.29, 0.717) is 5.92 Å². The summed E-state index contributed by atoms with van der Waals surface area (Å²) in [4.78, 5) is 2.25. The van der Waals surface area contributed by atoms with E-state index in [0.717, 1.165) is 39.3 Å². The molecule has 1 rings (SSSR count). The molecule has 1 saturated heterocycles. The lowest BCUT2D eigenvalue weighted by molar-refractivity contribution is -0.131. The summed E-state index contributed by atoms with van der Waals surface area (Å²) in [7, 11) is 0. The molecular weight excluding hydrogens is 178 g/mol. The maximum atomic E-state index is 9.98. The summed E-state index contributed by atoms with van der Waals surface area (Å²) in [5.74, 6) is 0.357. The first-order valence-corrected chi connectivity index (χ1v) is 5.61. The smallest absolute Gasteiger partial charge is 0.0922 e. The van der Waals surface area contributed by atoms with E-state index in [9.17, 15) is 5.11 Å². The summed E-state index contributed by atoms with van der Waals surface area (Å²) < 4.78 is 5.39. The summed E-state index contributed by atoms with van der Waals surface area (Å²) in [5, 5.41) is 9.98. The van der Waals surface area contributed by atoms with Crippen LogP contribution < -0.4 is 0 Å². The van der Waals surface area contributed by atoms with E-state index in [4.69, 9.17) is 4.74 Å². The van der Waals surface area contributed by atoms with E-state index >= 15 is 0 Å². The number of hydrogen-bond acceptors (Lipinski definition) is 3. The lowest BCUT2D eigenvalue weighted by Crippen LogP contribution is -2.64. The average molecular weight is 201 g/mol. The molecule has 0 atom stereocenters. The van der Waals surface area contributed by atoms with Crippen LogP contribution in [-0.2, 0) is 4.74 Å². The average Bonchev–Trinajstić information content (AvgIpc) is 2.08. The van der Waals surface area contributed by atoms with Crippen LogP contribution in [0.3, 0.4) is 0 Å². The van der Waals surface area contributed by atoms with E-state index in [-0.39, 0.29) is 0 Å². The quantitative estimate of drug-likeness (QED) is 0.654. The largest absolute Gasteiger partial charge is 0.387 e. The van der Waals surface area contributed by atoms with Crippen LogP contribution >= 0.6 is 0 Å². The molecule has 0 saturated carbocycles. The Labute approximate surface area is 87.1 Å². The summed E-state index contributed by atoms with van der Waals surface area (Å²) >= 11 is 0. The van der Waals surface area contributed by atoms with Gasteiger partial charge in [0.25, 0.3) is 0 Å². The van der Waals surface area contributed by atoms with Gasteiger partial charge in [-0.1, -0.05) is 20.8 Å². The van der Waals surface area contributed by atoms with Gasteiger partial charge >= 0.3 is 0 Å². The molecule has 0 spiro atoms. The van der Waals surface area contributed by atoms with Crippen LogP contribution in [0, 0.1) is 5.92 Å². The van der Waals surface area contributed by atoms with Crippen LogP contribution in [0.1, 0.15) is 27.2 Å². The van der Waals surface area contributed by atoms with Crippen molar-refractivity contribution in [1.82, 2.24) is 4.90 Å². The fourth-order valence-corrected chi connectivity index (χ4v) is 1.69. The zero-order chi connectivity index (χ0) is 10.6. The normalized spacial score (nSPS) is 21.2. The predicted octanol–water partition coefficient (Wildman–Crippen LogP) is 1.12. The molecule has 1 N–H and O–H groups in total. The van der Waals surface area contributed by atoms with Crippen molar-refractivity contribution in [1.29, 1.82) is 0 Å². The second-order valence-corrected chi connectivity index (χ2v) is 4.58. The highest BCUT2D eigenvalue weighted by atomic mass is 16.5. The molecule has 0 aromatic heterocycles. The lowest BCUT2D eigenvalue weighted by Gasteiger charge is -2.49. The molecule has 0 bridgehead atoms. The first-order chi connectivity index (χ1) is 6.58. The minimum absolute atomic E-state index is 0.357. The minimum atomic E-state index is -0.440. The zero-order valence-electron chi connectivity index (χ0n) is 9.62. The minimum Gasteiger partial charge on any atom is -0.387 e. The molecule has 0 aliphatic carbocycles. The Morgan fingerprint density at radius 1 is 1.36 bits per heavy atom. The van der Waals surface area contributed by atoms with Crippen molar-refractivity contribution < 1.29 is 9.84 Å². The number of hydrogen-bond donors (Lipinski definition) is 1. The molecule has 0 amide bonds. The second kappa shape index (κ2) is 5.10. The molecule has 0 aromatic rings. The number of likely N-dealkylation sites (tertiary alicyclic amines) is 1. The van der Waals surface area contributed by atoms with Crippen molar-refractivity contribution in [3.8, 4) is 0 Å². The molecule has 0 radical (unpaired) electrons. The van der Waals surface area contributed by atoms with Crippen LogP contribution in [0.5, 0.6) is 0 Å². The molecule has 14 heavy (non-hydrogen) atoms. The molecule has 3 heteroatoms. The first kappa shape index (κ1) is 12.0. The van der Waals surface area contributed by atoms with Crippen molar-refractivity contribution in [3.63, 3.8) is 0 Å². The van der Waals surface area contributed by atoms with Crippen molar-refractivity contribution in [2.75, 3.05) is 32.8 Å². The molecule has 1 fully saturated rings. The number of aliphatic hydroxyl groups is 1. The fraction of sp³-hybridized carbons (Fsp3) is 1.00. The summed E-state index contributed by atoms with van der Waals surface area (Å²) in [6.07, 6.45) is 1.08. The van der Waals surface area contributed by atoms with Crippen molar-refractivity contribution in [2.24, 2.45) is 5.92 Å². The predicted molar refractivity (Wildman–Crippen MR) is 57.3 cm³/mol. The molecule has 3 nitrogen and oxygen atoms in total. The van der Waals surface area contributed by atoms with Gasteiger partial charge in [-0.05, 0) is 12.3 Å². The number of nitrogens with zero attached hydrogens (tertiary/aromatic N) is 1. The summed E-state index contributed by atoms with van der Waals surface area (Å²) in [6, 6.07) is 0. The highest BCUT2D eigenvalue weighted by molar-refractivity contribution is 4.97. The zero-order valence-corrected chi connectivity index (χ0v) is 9.62. The van der Waals surface area contributed by atoms with Crippen LogP contribution in [0.4, 0.5) is 0 Å². The van der Waals surface area contributed by atoms with Crippen LogP contribution in [-0.4, -0.2) is 48.5 Å². The topological polar surface area (TPSA) is 32.7 Å². The van der Waals surface area contributed by atoms with E-state index in [1.165, 1.54) is 0 Å². The van der Waals surface area contributed by atoms with E-state index in [1.54, 1.807) is 0 Å². The lowest BCUT2D eigenvalue weighted by atomic mass is 9.83. The highest BCUT2D eigenvalue weighted by Gasteiger charge is 2.42. The molecule has 84 valence electrons. The Morgan fingerprint density at radius 2 is 2.00 bits per heavy atom. The molecule has 0 aromatic carbocycles. The molecule has 1 heterocycles. The first-order valence-electron chi connectivity index (χ1n) is 5.61. The molecular formula is C11H23NO2. The Kier molecular flexibility index (Phi) is 4.35. The highest BCUT2D eigenvalue weighted by Crippen LogP contribution is 2.27. The Hall–Kier alpha value is -0.120. The third kappa shape index (κ3) is 2.94. The Morgan fingerprint density at radius 3 is 2.50 bits per heavy atom. The fourth-order valence-electron chi connectivity index (χ4n) is 1.69. The molecule has 1 aliphatic rings. The van der Waals surface area contributed by atoms with E-state index < -0.39 is 5.60 Å². The summed E-state index contributed by atoms with van der Waals surface area (Å²) in [5.41, 5.74) is -0.440. The molecule has 0 unspecified atom stereocenters. The van der Waals surface area contributed by atoms with Crippen molar-refractivity contribution >= 4 is 0 Å².